The average Bonchev–Trinajstić information content (AvgIpc) is 3.03. The molecule has 0 aliphatic carbocycles. The van der Waals surface area contributed by atoms with Crippen molar-refractivity contribution in [2.45, 2.75) is 38.8 Å². The van der Waals surface area contributed by atoms with E-state index in [1.54, 1.807) is 0 Å². The highest BCUT2D eigenvalue weighted by molar-refractivity contribution is 5.82. The SMILES string of the molecule is Cc1ccc2nc(CN3CCCC[C@H]3C(=O)N3CCOCC3)cn2c1. The molecule has 2 saturated heterocycles. The van der Waals surface area contributed by atoms with Crippen LogP contribution in [-0.2, 0) is 16.1 Å². The minimum atomic E-state index is -0.0154. The molecule has 2 aromatic heterocycles. The van der Waals surface area contributed by atoms with Crippen molar-refractivity contribution in [1.29, 1.82) is 0 Å². The Morgan fingerprint density at radius 2 is 2.04 bits per heavy atom. The topological polar surface area (TPSA) is 50.1 Å². The number of aryl methyl sites for hydroxylation is 1. The highest BCUT2D eigenvalue weighted by atomic mass is 16.5. The summed E-state index contributed by atoms with van der Waals surface area (Å²) in [6, 6.07) is 4.11. The fraction of sp³-hybridized carbons (Fsp3) is 0.579. The average molecular weight is 342 g/mol. The van der Waals surface area contributed by atoms with E-state index < -0.39 is 0 Å². The maximum atomic E-state index is 13.0. The van der Waals surface area contributed by atoms with E-state index in [1.165, 1.54) is 5.56 Å². The van der Waals surface area contributed by atoms with Gasteiger partial charge < -0.3 is 14.0 Å². The fourth-order valence-corrected chi connectivity index (χ4v) is 3.89. The lowest BCUT2D eigenvalue weighted by atomic mass is 10.0. The molecule has 0 aromatic carbocycles. The predicted octanol–water partition coefficient (Wildman–Crippen LogP) is 1.86. The second-order valence-corrected chi connectivity index (χ2v) is 7.12. The van der Waals surface area contributed by atoms with Gasteiger partial charge in [-0.2, -0.15) is 0 Å². The lowest BCUT2D eigenvalue weighted by molar-refractivity contribution is -0.142. The number of rotatable bonds is 3. The lowest BCUT2D eigenvalue weighted by Gasteiger charge is -2.38. The van der Waals surface area contributed by atoms with Crippen molar-refractivity contribution in [1.82, 2.24) is 19.2 Å². The van der Waals surface area contributed by atoms with Crippen LogP contribution in [-0.4, -0.2) is 64.0 Å². The Bertz CT molecular complexity index is 751. The third kappa shape index (κ3) is 3.55. The smallest absolute Gasteiger partial charge is 0.240 e. The van der Waals surface area contributed by atoms with Crippen LogP contribution in [0.25, 0.3) is 5.65 Å². The van der Waals surface area contributed by atoms with Crippen LogP contribution in [0.1, 0.15) is 30.5 Å². The molecule has 6 nitrogen and oxygen atoms in total. The van der Waals surface area contributed by atoms with Crippen LogP contribution in [0.2, 0.25) is 0 Å². The Balaban J connectivity index is 1.50. The van der Waals surface area contributed by atoms with Crippen LogP contribution in [0, 0.1) is 6.92 Å². The van der Waals surface area contributed by atoms with Gasteiger partial charge in [-0.05, 0) is 37.9 Å². The minimum absolute atomic E-state index is 0.0154. The molecule has 25 heavy (non-hydrogen) atoms. The molecule has 0 saturated carbocycles. The summed E-state index contributed by atoms with van der Waals surface area (Å²) in [4.78, 5) is 22.0. The fourth-order valence-electron chi connectivity index (χ4n) is 3.89. The maximum absolute atomic E-state index is 13.0. The summed E-state index contributed by atoms with van der Waals surface area (Å²) in [5, 5.41) is 0. The second-order valence-electron chi connectivity index (χ2n) is 7.12. The largest absolute Gasteiger partial charge is 0.378 e. The molecule has 2 aromatic rings. The Kier molecular flexibility index (Phi) is 4.72. The quantitative estimate of drug-likeness (QED) is 0.854. The van der Waals surface area contributed by atoms with Crippen LogP contribution in [0.3, 0.4) is 0 Å². The number of fused-ring (bicyclic) bond motifs is 1. The molecule has 0 spiro atoms. The number of hydrogen-bond donors (Lipinski definition) is 0. The van der Waals surface area contributed by atoms with E-state index in [2.05, 4.69) is 34.7 Å². The Labute approximate surface area is 148 Å². The van der Waals surface area contributed by atoms with E-state index in [4.69, 9.17) is 9.72 Å². The Morgan fingerprint density at radius 3 is 2.88 bits per heavy atom. The zero-order chi connectivity index (χ0) is 17.2. The van der Waals surface area contributed by atoms with Gasteiger partial charge in [-0.25, -0.2) is 4.98 Å². The van der Waals surface area contributed by atoms with Gasteiger partial charge in [0.15, 0.2) is 0 Å². The highest BCUT2D eigenvalue weighted by Crippen LogP contribution is 2.22. The first-order chi connectivity index (χ1) is 12.2. The first kappa shape index (κ1) is 16.5. The maximum Gasteiger partial charge on any atom is 0.240 e. The molecule has 0 bridgehead atoms. The zero-order valence-electron chi connectivity index (χ0n) is 14.9. The van der Waals surface area contributed by atoms with Crippen molar-refractivity contribution in [2.24, 2.45) is 0 Å². The molecule has 0 radical (unpaired) electrons. The van der Waals surface area contributed by atoms with Crippen LogP contribution >= 0.6 is 0 Å². The van der Waals surface area contributed by atoms with E-state index in [-0.39, 0.29) is 11.9 Å². The summed E-state index contributed by atoms with van der Waals surface area (Å²) in [6.45, 7) is 6.54. The number of morpholine rings is 1. The van der Waals surface area contributed by atoms with Crippen molar-refractivity contribution < 1.29 is 9.53 Å². The van der Waals surface area contributed by atoms with E-state index in [1.807, 2.05) is 11.0 Å². The van der Waals surface area contributed by atoms with Crippen molar-refractivity contribution in [3.8, 4) is 0 Å². The Hall–Kier alpha value is -1.92. The zero-order valence-corrected chi connectivity index (χ0v) is 14.9. The van der Waals surface area contributed by atoms with Gasteiger partial charge in [-0.3, -0.25) is 9.69 Å². The van der Waals surface area contributed by atoms with Gasteiger partial charge in [0.2, 0.25) is 5.91 Å². The number of ether oxygens (including phenoxy) is 1. The summed E-state index contributed by atoms with van der Waals surface area (Å²) < 4.78 is 7.46. The summed E-state index contributed by atoms with van der Waals surface area (Å²) in [7, 11) is 0. The highest BCUT2D eigenvalue weighted by Gasteiger charge is 2.32. The molecule has 2 aliphatic heterocycles. The molecule has 1 atom stereocenters. The van der Waals surface area contributed by atoms with Gasteiger partial charge in [-0.1, -0.05) is 12.5 Å². The van der Waals surface area contributed by atoms with Gasteiger partial charge in [-0.15, -0.1) is 0 Å². The van der Waals surface area contributed by atoms with E-state index in [0.29, 0.717) is 13.2 Å². The molecule has 0 N–H and O–H groups in total. The Morgan fingerprint density at radius 1 is 1.20 bits per heavy atom. The number of likely N-dealkylation sites (tertiary alicyclic amines) is 1. The summed E-state index contributed by atoms with van der Waals surface area (Å²) >= 11 is 0. The third-order valence-electron chi connectivity index (χ3n) is 5.24. The number of amides is 1. The minimum Gasteiger partial charge on any atom is -0.378 e. The standard InChI is InChI=1S/C19H26N4O2/c1-15-5-6-18-20-16(14-23(18)12-15)13-22-7-3-2-4-17(22)19(24)21-8-10-25-11-9-21/h5-6,12,14,17H,2-4,7-11,13H2,1H3/t17-/m0/s1. The molecule has 0 unspecified atom stereocenters. The number of aromatic nitrogens is 2. The lowest BCUT2D eigenvalue weighted by Crippen LogP contribution is -2.53. The van der Waals surface area contributed by atoms with Gasteiger partial charge in [0.1, 0.15) is 5.65 Å². The predicted molar refractivity (Wildman–Crippen MR) is 95.4 cm³/mol. The van der Waals surface area contributed by atoms with Crippen LogP contribution in [0.4, 0.5) is 0 Å². The molecule has 134 valence electrons. The molecular formula is C19H26N4O2. The number of imidazole rings is 1. The van der Waals surface area contributed by atoms with Crippen molar-refractivity contribution >= 4 is 11.6 Å². The number of nitrogens with zero attached hydrogens (tertiary/aromatic N) is 4. The monoisotopic (exact) mass is 342 g/mol. The number of carbonyl (C=O) groups excluding carboxylic acids is 1. The number of piperidine rings is 1. The van der Waals surface area contributed by atoms with E-state index in [9.17, 15) is 4.79 Å². The van der Waals surface area contributed by atoms with Gasteiger partial charge in [0.25, 0.3) is 0 Å². The van der Waals surface area contributed by atoms with Crippen LogP contribution in [0.15, 0.2) is 24.5 Å². The summed E-state index contributed by atoms with van der Waals surface area (Å²) in [5.74, 6) is 0.266. The van der Waals surface area contributed by atoms with Gasteiger partial charge >= 0.3 is 0 Å². The molecule has 4 rings (SSSR count). The second kappa shape index (κ2) is 7.14. The first-order valence-corrected chi connectivity index (χ1v) is 9.25. The number of carbonyl (C=O) groups is 1. The number of hydrogen-bond acceptors (Lipinski definition) is 4. The molecule has 1 amide bonds. The normalized spacial score (nSPS) is 22.4. The van der Waals surface area contributed by atoms with Crippen molar-refractivity contribution in [2.75, 3.05) is 32.8 Å². The van der Waals surface area contributed by atoms with Gasteiger partial charge in [0, 0.05) is 32.0 Å². The van der Waals surface area contributed by atoms with Crippen LogP contribution in [0.5, 0.6) is 0 Å². The van der Waals surface area contributed by atoms with Crippen LogP contribution < -0.4 is 0 Å². The molecule has 2 aliphatic rings. The summed E-state index contributed by atoms with van der Waals surface area (Å²) in [6.07, 6.45) is 7.41. The first-order valence-electron chi connectivity index (χ1n) is 9.25. The van der Waals surface area contributed by atoms with E-state index >= 15 is 0 Å². The molecule has 2 fully saturated rings. The van der Waals surface area contributed by atoms with Crippen molar-refractivity contribution in [3.05, 3.63) is 35.8 Å². The van der Waals surface area contributed by atoms with Gasteiger partial charge in [0.05, 0.1) is 24.9 Å². The molecule has 6 heteroatoms. The molecule has 4 heterocycles. The third-order valence-corrected chi connectivity index (χ3v) is 5.24. The van der Waals surface area contributed by atoms with Crippen molar-refractivity contribution in [3.63, 3.8) is 0 Å². The summed E-state index contributed by atoms with van der Waals surface area (Å²) in [5.41, 5.74) is 3.22. The molecular weight excluding hydrogens is 316 g/mol. The van der Waals surface area contributed by atoms with E-state index in [0.717, 1.165) is 56.8 Å². The number of pyridine rings is 1.